The number of rotatable bonds is 4. The normalized spacial score (nSPS) is 10.6. The molecule has 2 aromatic heterocycles. The first-order valence-corrected chi connectivity index (χ1v) is 7.37. The summed E-state index contributed by atoms with van der Waals surface area (Å²) in [5, 5.41) is 0. The molecule has 0 aliphatic heterocycles. The van der Waals surface area contributed by atoms with Crippen LogP contribution in [0.25, 0.3) is 11.0 Å². The van der Waals surface area contributed by atoms with Crippen molar-refractivity contribution in [2.75, 3.05) is 6.61 Å². The summed E-state index contributed by atoms with van der Waals surface area (Å²) in [7, 11) is 0. The van der Waals surface area contributed by atoms with Gasteiger partial charge in [0.1, 0.15) is 5.52 Å². The molecule has 0 unspecified atom stereocenters. The summed E-state index contributed by atoms with van der Waals surface area (Å²) in [4.78, 5) is 8.68. The maximum Gasteiger partial charge on any atom is 0.169 e. The molecule has 106 valence electrons. The van der Waals surface area contributed by atoms with Crippen LogP contribution in [0.5, 0.6) is 17.2 Å². The Morgan fingerprint density at radius 2 is 1.86 bits per heavy atom. The minimum atomic E-state index is 0.586. The van der Waals surface area contributed by atoms with Crippen molar-refractivity contribution in [2.24, 2.45) is 0 Å². The third kappa shape index (κ3) is 2.97. The zero-order chi connectivity index (χ0) is 14.7. The minimum absolute atomic E-state index is 0.586. The van der Waals surface area contributed by atoms with E-state index in [1.165, 1.54) is 0 Å². The van der Waals surface area contributed by atoms with E-state index in [-0.39, 0.29) is 0 Å². The summed E-state index contributed by atoms with van der Waals surface area (Å²) in [6, 6.07) is 11.3. The van der Waals surface area contributed by atoms with Crippen LogP contribution in [0.15, 0.2) is 53.3 Å². The van der Waals surface area contributed by atoms with Crippen molar-refractivity contribution in [1.29, 1.82) is 0 Å². The van der Waals surface area contributed by atoms with E-state index in [0.29, 0.717) is 29.4 Å². The molecule has 0 atom stereocenters. The summed E-state index contributed by atoms with van der Waals surface area (Å²) in [6.07, 6.45) is 3.43. The number of aromatic nitrogens is 2. The maximum atomic E-state index is 5.97. The molecule has 0 aliphatic rings. The fraction of sp³-hybridized carbons (Fsp3) is 0.125. The van der Waals surface area contributed by atoms with E-state index in [2.05, 4.69) is 25.9 Å². The second-order valence-electron chi connectivity index (χ2n) is 4.31. The van der Waals surface area contributed by atoms with E-state index in [0.717, 1.165) is 9.99 Å². The third-order valence-electron chi connectivity index (χ3n) is 2.88. The predicted molar refractivity (Wildman–Crippen MR) is 84.9 cm³/mol. The van der Waals surface area contributed by atoms with Gasteiger partial charge in [-0.15, -0.1) is 0 Å². The number of benzene rings is 1. The van der Waals surface area contributed by atoms with Gasteiger partial charge in [-0.05, 0) is 41.1 Å². The van der Waals surface area contributed by atoms with Crippen molar-refractivity contribution in [3.63, 3.8) is 0 Å². The van der Waals surface area contributed by atoms with Gasteiger partial charge in [-0.2, -0.15) is 0 Å². The largest absolute Gasteiger partial charge is 0.490 e. The molecule has 0 amide bonds. The Morgan fingerprint density at radius 3 is 2.67 bits per heavy atom. The molecule has 0 aliphatic carbocycles. The lowest BCUT2D eigenvalue weighted by Crippen LogP contribution is -1.95. The van der Waals surface area contributed by atoms with Crippen LogP contribution in [0.4, 0.5) is 0 Å². The average Bonchev–Trinajstić information content (AvgIpc) is 2.49. The second kappa shape index (κ2) is 6.10. The molecule has 0 spiro atoms. The average molecular weight is 345 g/mol. The summed E-state index contributed by atoms with van der Waals surface area (Å²) in [5.74, 6) is 2.03. The van der Waals surface area contributed by atoms with E-state index >= 15 is 0 Å². The fourth-order valence-corrected chi connectivity index (χ4v) is 2.31. The van der Waals surface area contributed by atoms with E-state index in [1.54, 1.807) is 18.5 Å². The molecule has 0 bridgehead atoms. The van der Waals surface area contributed by atoms with Gasteiger partial charge in [0.15, 0.2) is 17.2 Å². The number of ether oxygens (including phenoxy) is 2. The number of pyridine rings is 2. The Bertz CT molecular complexity index is 777. The molecule has 3 rings (SSSR count). The summed E-state index contributed by atoms with van der Waals surface area (Å²) >= 11 is 3.39. The van der Waals surface area contributed by atoms with Gasteiger partial charge < -0.3 is 9.47 Å². The quantitative estimate of drug-likeness (QED) is 0.694. The van der Waals surface area contributed by atoms with Crippen molar-refractivity contribution in [3.8, 4) is 17.2 Å². The third-order valence-corrected chi connectivity index (χ3v) is 3.31. The van der Waals surface area contributed by atoms with Crippen LogP contribution in [-0.4, -0.2) is 16.6 Å². The molecule has 4 nitrogen and oxygen atoms in total. The summed E-state index contributed by atoms with van der Waals surface area (Å²) in [6.45, 7) is 2.53. The van der Waals surface area contributed by atoms with E-state index < -0.39 is 0 Å². The van der Waals surface area contributed by atoms with Gasteiger partial charge in [-0.25, -0.2) is 4.98 Å². The van der Waals surface area contributed by atoms with Crippen molar-refractivity contribution < 1.29 is 9.47 Å². The zero-order valence-corrected chi connectivity index (χ0v) is 13.0. The Kier molecular flexibility index (Phi) is 4.01. The number of hydrogen-bond donors (Lipinski definition) is 0. The van der Waals surface area contributed by atoms with Crippen molar-refractivity contribution in [2.45, 2.75) is 6.92 Å². The van der Waals surface area contributed by atoms with Gasteiger partial charge in [0.2, 0.25) is 0 Å². The lowest BCUT2D eigenvalue weighted by molar-refractivity contribution is 0.322. The highest BCUT2D eigenvalue weighted by molar-refractivity contribution is 9.10. The molecule has 3 aromatic rings. The number of fused-ring (bicyclic) bond motifs is 1. The molecule has 5 heteroatoms. The first-order chi connectivity index (χ1) is 10.3. The van der Waals surface area contributed by atoms with Crippen LogP contribution in [0.1, 0.15) is 6.92 Å². The lowest BCUT2D eigenvalue weighted by atomic mass is 10.3. The van der Waals surface area contributed by atoms with Gasteiger partial charge in [-0.1, -0.05) is 12.1 Å². The first kappa shape index (κ1) is 13.8. The van der Waals surface area contributed by atoms with Gasteiger partial charge >= 0.3 is 0 Å². The first-order valence-electron chi connectivity index (χ1n) is 6.58. The van der Waals surface area contributed by atoms with E-state index in [9.17, 15) is 0 Å². The monoisotopic (exact) mass is 344 g/mol. The maximum absolute atomic E-state index is 5.97. The SMILES string of the molecule is CCOc1ccccc1Oc1ccnc2cc(Br)cnc12. The molecule has 1 aromatic carbocycles. The lowest BCUT2D eigenvalue weighted by Gasteiger charge is -2.12. The van der Waals surface area contributed by atoms with Crippen LogP contribution in [-0.2, 0) is 0 Å². The molecular formula is C16H13BrN2O2. The number of hydrogen-bond acceptors (Lipinski definition) is 4. The van der Waals surface area contributed by atoms with Gasteiger partial charge in [0.25, 0.3) is 0 Å². The molecule has 0 fully saturated rings. The van der Waals surface area contributed by atoms with E-state index in [4.69, 9.17) is 9.47 Å². The Morgan fingerprint density at radius 1 is 1.05 bits per heavy atom. The van der Waals surface area contributed by atoms with Crippen LogP contribution in [0, 0.1) is 0 Å². The van der Waals surface area contributed by atoms with Crippen molar-refractivity contribution in [3.05, 3.63) is 53.3 Å². The Labute approximate surface area is 130 Å². The molecule has 0 radical (unpaired) electrons. The standard InChI is InChI=1S/C16H13BrN2O2/c1-2-20-13-5-3-4-6-14(13)21-15-7-8-18-12-9-11(17)10-19-16(12)15/h3-10H,2H2,1H3. The topological polar surface area (TPSA) is 44.2 Å². The molecule has 0 saturated heterocycles. The summed E-state index contributed by atoms with van der Waals surface area (Å²) < 4.78 is 12.4. The smallest absolute Gasteiger partial charge is 0.169 e. The highest BCUT2D eigenvalue weighted by atomic mass is 79.9. The molecule has 0 N–H and O–H groups in total. The van der Waals surface area contributed by atoms with Gasteiger partial charge in [-0.3, -0.25) is 4.98 Å². The molecule has 2 heterocycles. The minimum Gasteiger partial charge on any atom is -0.490 e. The Balaban J connectivity index is 2.02. The molecule has 0 saturated carbocycles. The highest BCUT2D eigenvalue weighted by Gasteiger charge is 2.09. The predicted octanol–water partition coefficient (Wildman–Crippen LogP) is 4.58. The van der Waals surface area contributed by atoms with Crippen LogP contribution in [0.3, 0.4) is 0 Å². The van der Waals surface area contributed by atoms with Crippen molar-refractivity contribution >= 4 is 27.0 Å². The van der Waals surface area contributed by atoms with Crippen molar-refractivity contribution in [1.82, 2.24) is 9.97 Å². The van der Waals surface area contributed by atoms with Gasteiger partial charge in [0.05, 0.1) is 12.1 Å². The van der Waals surface area contributed by atoms with Crippen LogP contribution in [0.2, 0.25) is 0 Å². The second-order valence-corrected chi connectivity index (χ2v) is 5.23. The number of nitrogens with zero attached hydrogens (tertiary/aromatic N) is 2. The number of halogens is 1. The van der Waals surface area contributed by atoms with E-state index in [1.807, 2.05) is 37.3 Å². The zero-order valence-electron chi connectivity index (χ0n) is 11.4. The Hall–Kier alpha value is -2.14. The van der Waals surface area contributed by atoms with Gasteiger partial charge in [0, 0.05) is 22.9 Å². The van der Waals surface area contributed by atoms with Crippen LogP contribution < -0.4 is 9.47 Å². The molecular weight excluding hydrogens is 332 g/mol. The summed E-state index contributed by atoms with van der Waals surface area (Å²) in [5.41, 5.74) is 1.49. The fourth-order valence-electron chi connectivity index (χ4n) is 1.99. The van der Waals surface area contributed by atoms with Crippen LogP contribution >= 0.6 is 15.9 Å². The highest BCUT2D eigenvalue weighted by Crippen LogP contribution is 2.34. The number of para-hydroxylation sites is 2. The molecule has 21 heavy (non-hydrogen) atoms.